The van der Waals surface area contributed by atoms with Gasteiger partial charge in [0.1, 0.15) is 6.61 Å². The van der Waals surface area contributed by atoms with Crippen molar-refractivity contribution in [3.8, 4) is 0 Å². The fourth-order valence-corrected chi connectivity index (χ4v) is 1.48. The first-order chi connectivity index (χ1) is 8.13. The van der Waals surface area contributed by atoms with Gasteiger partial charge in [-0.15, -0.1) is 0 Å². The molecular weight excluding hydrogens is 220 g/mol. The lowest BCUT2D eigenvalue weighted by Gasteiger charge is -2.07. The molecule has 0 atom stereocenters. The Labute approximate surface area is 98.5 Å². The van der Waals surface area contributed by atoms with Crippen molar-refractivity contribution >= 4 is 17.7 Å². The second kappa shape index (κ2) is 4.69. The van der Waals surface area contributed by atoms with E-state index in [1.165, 1.54) is 6.08 Å². The number of nitrogens with one attached hydrogen (secondary N) is 2. The van der Waals surface area contributed by atoms with Gasteiger partial charge in [-0.1, -0.05) is 12.1 Å². The van der Waals surface area contributed by atoms with E-state index in [2.05, 4.69) is 15.4 Å². The summed E-state index contributed by atoms with van der Waals surface area (Å²) in [6, 6.07) is 7.04. The SMILES string of the molecule is Cc1cccc(NC(=O)NC2=CC(=O)OC2)c1. The molecule has 0 bridgehead atoms. The molecule has 1 aliphatic heterocycles. The number of urea groups is 1. The molecule has 0 saturated carbocycles. The standard InChI is InChI=1S/C12H12N2O3/c1-8-3-2-4-9(5-8)13-12(16)14-10-6-11(15)17-7-10/h2-6H,7H2,1H3,(H2,13,14,16). The number of hydrogen-bond donors (Lipinski definition) is 2. The van der Waals surface area contributed by atoms with Gasteiger partial charge >= 0.3 is 12.0 Å². The van der Waals surface area contributed by atoms with Gasteiger partial charge in [-0.3, -0.25) is 0 Å². The number of esters is 1. The average molecular weight is 232 g/mol. The van der Waals surface area contributed by atoms with E-state index in [1.807, 2.05) is 25.1 Å². The molecule has 2 rings (SSSR count). The van der Waals surface area contributed by atoms with Gasteiger partial charge in [-0.05, 0) is 24.6 Å². The Kier molecular flexibility index (Phi) is 3.09. The van der Waals surface area contributed by atoms with E-state index in [1.54, 1.807) is 6.07 Å². The topological polar surface area (TPSA) is 67.4 Å². The van der Waals surface area contributed by atoms with E-state index in [0.717, 1.165) is 5.56 Å². The number of cyclic esters (lactones) is 1. The van der Waals surface area contributed by atoms with E-state index in [-0.39, 0.29) is 12.6 Å². The Hall–Kier alpha value is -2.30. The number of rotatable bonds is 2. The van der Waals surface area contributed by atoms with Gasteiger partial charge in [0.05, 0.1) is 5.70 Å². The Morgan fingerprint density at radius 3 is 2.82 bits per heavy atom. The molecule has 0 unspecified atom stereocenters. The van der Waals surface area contributed by atoms with Crippen molar-refractivity contribution in [2.75, 3.05) is 11.9 Å². The van der Waals surface area contributed by atoms with E-state index in [4.69, 9.17) is 0 Å². The minimum atomic E-state index is -0.434. The van der Waals surface area contributed by atoms with Crippen LogP contribution >= 0.6 is 0 Å². The second-order valence-corrected chi connectivity index (χ2v) is 3.73. The van der Waals surface area contributed by atoms with Crippen LogP contribution in [0, 0.1) is 6.92 Å². The summed E-state index contributed by atoms with van der Waals surface area (Å²) in [6.07, 6.45) is 1.26. The number of carbonyl (C=O) groups excluding carboxylic acids is 2. The average Bonchev–Trinajstić information content (AvgIpc) is 2.63. The summed E-state index contributed by atoms with van der Waals surface area (Å²) in [6.45, 7) is 2.05. The quantitative estimate of drug-likeness (QED) is 0.760. The molecule has 1 aliphatic rings. The van der Waals surface area contributed by atoms with Crippen LogP contribution in [0.5, 0.6) is 0 Å². The summed E-state index contributed by atoms with van der Waals surface area (Å²) in [7, 11) is 0. The van der Waals surface area contributed by atoms with Crippen molar-refractivity contribution in [2.24, 2.45) is 0 Å². The number of hydrogen-bond acceptors (Lipinski definition) is 3. The van der Waals surface area contributed by atoms with Crippen molar-refractivity contribution in [3.05, 3.63) is 41.6 Å². The molecule has 2 amide bonds. The highest BCUT2D eigenvalue weighted by Crippen LogP contribution is 2.09. The summed E-state index contributed by atoms with van der Waals surface area (Å²) in [5, 5.41) is 5.21. The summed E-state index contributed by atoms with van der Waals surface area (Å²) in [5.41, 5.74) is 2.22. The number of carbonyl (C=O) groups is 2. The van der Waals surface area contributed by atoms with Crippen LogP contribution in [0.1, 0.15) is 5.56 Å². The highest BCUT2D eigenvalue weighted by molar-refractivity contribution is 5.92. The predicted molar refractivity (Wildman–Crippen MR) is 62.4 cm³/mol. The van der Waals surface area contributed by atoms with Gasteiger partial charge in [0.15, 0.2) is 0 Å². The largest absolute Gasteiger partial charge is 0.456 e. The van der Waals surface area contributed by atoms with E-state index >= 15 is 0 Å². The molecule has 1 heterocycles. The molecule has 0 spiro atoms. The van der Waals surface area contributed by atoms with Gasteiger partial charge < -0.3 is 15.4 Å². The van der Waals surface area contributed by atoms with Gasteiger partial charge in [-0.25, -0.2) is 9.59 Å². The minimum Gasteiger partial charge on any atom is -0.456 e. The molecule has 0 saturated heterocycles. The number of anilines is 1. The van der Waals surface area contributed by atoms with Crippen LogP contribution in [-0.4, -0.2) is 18.6 Å². The molecule has 88 valence electrons. The van der Waals surface area contributed by atoms with E-state index in [0.29, 0.717) is 11.4 Å². The maximum atomic E-state index is 11.6. The van der Waals surface area contributed by atoms with Crippen molar-refractivity contribution < 1.29 is 14.3 Å². The lowest BCUT2D eigenvalue weighted by atomic mass is 10.2. The van der Waals surface area contributed by atoms with Crippen LogP contribution in [0.3, 0.4) is 0 Å². The first kappa shape index (κ1) is 11.2. The maximum Gasteiger partial charge on any atom is 0.333 e. The third-order valence-electron chi connectivity index (χ3n) is 2.21. The molecule has 0 fully saturated rings. The monoisotopic (exact) mass is 232 g/mol. The van der Waals surface area contributed by atoms with Crippen LogP contribution in [0.2, 0.25) is 0 Å². The van der Waals surface area contributed by atoms with Gasteiger partial charge in [-0.2, -0.15) is 0 Å². The Bertz CT molecular complexity index is 494. The van der Waals surface area contributed by atoms with Gasteiger partial charge in [0.25, 0.3) is 0 Å². The molecule has 1 aromatic rings. The lowest BCUT2D eigenvalue weighted by Crippen LogP contribution is -2.28. The molecule has 17 heavy (non-hydrogen) atoms. The van der Waals surface area contributed by atoms with Crippen molar-refractivity contribution in [1.82, 2.24) is 5.32 Å². The highest BCUT2D eigenvalue weighted by Gasteiger charge is 2.14. The van der Waals surface area contributed by atoms with Gasteiger partial charge in [0, 0.05) is 11.8 Å². The predicted octanol–water partition coefficient (Wildman–Crippen LogP) is 1.56. The van der Waals surface area contributed by atoms with Crippen LogP contribution in [0.4, 0.5) is 10.5 Å². The fraction of sp³-hybridized carbons (Fsp3) is 0.167. The summed E-state index contributed by atoms with van der Waals surface area (Å²) in [4.78, 5) is 22.3. The first-order valence-corrected chi connectivity index (χ1v) is 5.15. The molecule has 1 aromatic carbocycles. The molecule has 5 nitrogen and oxygen atoms in total. The number of benzene rings is 1. The Morgan fingerprint density at radius 2 is 2.18 bits per heavy atom. The van der Waals surface area contributed by atoms with Crippen molar-refractivity contribution in [3.63, 3.8) is 0 Å². The molecular formula is C12H12N2O3. The van der Waals surface area contributed by atoms with Crippen LogP contribution in [-0.2, 0) is 9.53 Å². The molecule has 0 aliphatic carbocycles. The maximum absolute atomic E-state index is 11.6. The Balaban J connectivity index is 1.94. The summed E-state index contributed by atoms with van der Waals surface area (Å²) < 4.78 is 4.66. The van der Waals surface area contributed by atoms with E-state index in [9.17, 15) is 9.59 Å². The fourth-order valence-electron chi connectivity index (χ4n) is 1.48. The van der Waals surface area contributed by atoms with E-state index < -0.39 is 5.97 Å². The third-order valence-corrected chi connectivity index (χ3v) is 2.21. The second-order valence-electron chi connectivity index (χ2n) is 3.73. The smallest absolute Gasteiger partial charge is 0.333 e. The zero-order valence-electron chi connectivity index (χ0n) is 9.32. The van der Waals surface area contributed by atoms with Crippen LogP contribution < -0.4 is 10.6 Å². The summed E-state index contributed by atoms with van der Waals surface area (Å²) in [5.74, 6) is -0.434. The number of amides is 2. The van der Waals surface area contributed by atoms with Gasteiger partial charge in [0.2, 0.25) is 0 Å². The zero-order chi connectivity index (χ0) is 12.3. The first-order valence-electron chi connectivity index (χ1n) is 5.15. The summed E-state index contributed by atoms with van der Waals surface area (Å²) >= 11 is 0. The highest BCUT2D eigenvalue weighted by atomic mass is 16.5. The molecule has 5 heteroatoms. The van der Waals surface area contributed by atoms with Crippen LogP contribution in [0.25, 0.3) is 0 Å². The molecule has 0 aromatic heterocycles. The lowest BCUT2D eigenvalue weighted by molar-refractivity contribution is -0.134. The number of aryl methyl sites for hydroxylation is 1. The van der Waals surface area contributed by atoms with Crippen molar-refractivity contribution in [2.45, 2.75) is 6.92 Å². The third kappa shape index (κ3) is 3.07. The van der Waals surface area contributed by atoms with Crippen LogP contribution in [0.15, 0.2) is 36.0 Å². The minimum absolute atomic E-state index is 0.111. The van der Waals surface area contributed by atoms with Crippen molar-refractivity contribution in [1.29, 1.82) is 0 Å². The Morgan fingerprint density at radius 1 is 1.35 bits per heavy atom. The number of ether oxygens (including phenoxy) is 1. The molecule has 0 radical (unpaired) electrons. The molecule has 2 N–H and O–H groups in total. The normalized spacial score (nSPS) is 13.9. The zero-order valence-corrected chi connectivity index (χ0v) is 9.32.